The summed E-state index contributed by atoms with van der Waals surface area (Å²) in [7, 11) is 0. The summed E-state index contributed by atoms with van der Waals surface area (Å²) in [5.41, 5.74) is 3.10. The van der Waals surface area contributed by atoms with Gasteiger partial charge >= 0.3 is 6.09 Å². The molecule has 1 fully saturated rings. The number of thioether (sulfide) groups is 1. The van der Waals surface area contributed by atoms with Gasteiger partial charge in [0, 0.05) is 18.3 Å². The van der Waals surface area contributed by atoms with E-state index in [4.69, 9.17) is 9.47 Å². The van der Waals surface area contributed by atoms with E-state index < -0.39 is 22.5 Å². The van der Waals surface area contributed by atoms with Crippen LogP contribution in [0.15, 0.2) is 42.6 Å². The molecule has 1 aliphatic heterocycles. The molecule has 2 aromatic rings. The highest BCUT2D eigenvalue weighted by molar-refractivity contribution is 8.15. The smallest absolute Gasteiger partial charge is 0.424 e. The van der Waals surface area contributed by atoms with Crippen molar-refractivity contribution in [1.82, 2.24) is 9.88 Å². The highest BCUT2D eigenvalue weighted by Gasteiger charge is 2.44. The first-order valence-corrected chi connectivity index (χ1v) is 19.8. The Balaban J connectivity index is 1.18. The highest BCUT2D eigenvalue weighted by atomic mass is 32.2. The van der Waals surface area contributed by atoms with Crippen LogP contribution in [0, 0.1) is 0 Å². The summed E-state index contributed by atoms with van der Waals surface area (Å²) in [5.74, 6) is 0.227. The molecule has 1 atom stereocenters. The molecule has 2 heterocycles. The SMILES string of the molecule is CCCCCCCCCCCCCCCCCCCCOC(=O)N1C(=O)SC(Cc2ccc(OCCc3ccc(CC)cn3)cc2)C1=O. The molecule has 0 N–H and O–H groups in total. The number of pyridine rings is 1. The molecule has 1 aliphatic rings. The zero-order valence-electron chi connectivity index (χ0n) is 29.7. The van der Waals surface area contributed by atoms with E-state index in [1.165, 1.54) is 102 Å². The maximum atomic E-state index is 12.9. The lowest BCUT2D eigenvalue weighted by Crippen LogP contribution is -2.38. The molecular weight excluding hydrogens is 621 g/mol. The first-order chi connectivity index (χ1) is 23.5. The van der Waals surface area contributed by atoms with Crippen LogP contribution in [0.25, 0.3) is 0 Å². The highest BCUT2D eigenvalue weighted by Crippen LogP contribution is 2.30. The predicted octanol–water partition coefficient (Wildman–Crippen LogP) is 11.1. The van der Waals surface area contributed by atoms with Crippen molar-refractivity contribution in [2.45, 2.75) is 154 Å². The van der Waals surface area contributed by atoms with E-state index in [0.717, 1.165) is 54.5 Å². The minimum absolute atomic E-state index is 0.228. The third kappa shape index (κ3) is 15.6. The van der Waals surface area contributed by atoms with Crippen LogP contribution in [0.3, 0.4) is 0 Å². The lowest BCUT2D eigenvalue weighted by molar-refractivity contribution is -0.125. The number of aromatic nitrogens is 1. The summed E-state index contributed by atoms with van der Waals surface area (Å²) >= 11 is 0.888. The van der Waals surface area contributed by atoms with Crippen LogP contribution in [0.4, 0.5) is 9.59 Å². The Hall–Kier alpha value is -2.87. The molecule has 1 saturated heterocycles. The molecule has 0 bridgehead atoms. The van der Waals surface area contributed by atoms with Crippen LogP contribution < -0.4 is 4.74 Å². The second kappa shape index (κ2) is 24.3. The van der Waals surface area contributed by atoms with Gasteiger partial charge in [-0.2, -0.15) is 4.90 Å². The van der Waals surface area contributed by atoms with Gasteiger partial charge in [0.1, 0.15) is 5.75 Å². The molecule has 48 heavy (non-hydrogen) atoms. The van der Waals surface area contributed by atoms with Gasteiger partial charge in [0.05, 0.1) is 18.5 Å². The van der Waals surface area contributed by atoms with Crippen LogP contribution in [-0.4, -0.2) is 45.6 Å². The fraction of sp³-hybridized carbons (Fsp3) is 0.650. The Kier molecular flexibility index (Phi) is 20.0. The second-order valence-corrected chi connectivity index (χ2v) is 14.3. The van der Waals surface area contributed by atoms with Crippen molar-refractivity contribution in [3.63, 3.8) is 0 Å². The average molecular weight is 681 g/mol. The van der Waals surface area contributed by atoms with Gasteiger partial charge < -0.3 is 9.47 Å². The number of aryl methyl sites for hydroxylation is 1. The third-order valence-electron chi connectivity index (χ3n) is 9.09. The van der Waals surface area contributed by atoms with Gasteiger partial charge in [-0.05, 0) is 60.4 Å². The largest absolute Gasteiger partial charge is 0.493 e. The standard InChI is InChI=1S/C40H60N2O5S/c1-3-5-6-7-8-9-10-11-12-13-14-15-16-17-18-19-20-21-29-47-39(44)42-38(43)37(48-40(42)45)31-34-23-26-36(27-24-34)46-30-28-35-25-22-33(4-2)32-41-35/h22-27,32,37H,3-21,28-31H2,1-2H3. The lowest BCUT2D eigenvalue weighted by atomic mass is 10.0. The van der Waals surface area contributed by atoms with Crippen LogP contribution in [0.5, 0.6) is 5.75 Å². The van der Waals surface area contributed by atoms with E-state index >= 15 is 0 Å². The molecule has 1 aromatic heterocycles. The summed E-state index contributed by atoms with van der Waals surface area (Å²) in [6.07, 6.45) is 26.3. The van der Waals surface area contributed by atoms with Gasteiger partial charge in [-0.15, -0.1) is 0 Å². The van der Waals surface area contributed by atoms with Crippen molar-refractivity contribution in [3.05, 3.63) is 59.4 Å². The van der Waals surface area contributed by atoms with Gasteiger partial charge in [-0.1, -0.05) is 141 Å². The van der Waals surface area contributed by atoms with Crippen LogP contribution >= 0.6 is 11.8 Å². The van der Waals surface area contributed by atoms with Gasteiger partial charge in [0.15, 0.2) is 0 Å². The van der Waals surface area contributed by atoms with Crippen molar-refractivity contribution >= 4 is 29.0 Å². The Morgan fingerprint density at radius 1 is 0.708 bits per heavy atom. The summed E-state index contributed by atoms with van der Waals surface area (Å²) < 4.78 is 11.2. The molecular formula is C40H60N2O5S. The number of hydrogen-bond donors (Lipinski definition) is 0. The summed E-state index contributed by atoms with van der Waals surface area (Å²) in [4.78, 5) is 43.1. The Labute approximate surface area is 294 Å². The lowest BCUT2D eigenvalue weighted by Gasteiger charge is -2.13. The number of imide groups is 3. The number of benzene rings is 1. The molecule has 0 radical (unpaired) electrons. The molecule has 0 aliphatic carbocycles. The fourth-order valence-electron chi connectivity index (χ4n) is 6.00. The molecule has 8 heteroatoms. The van der Waals surface area contributed by atoms with Gasteiger partial charge in [0.25, 0.3) is 11.1 Å². The number of ether oxygens (including phenoxy) is 2. The average Bonchev–Trinajstić information content (AvgIpc) is 3.38. The summed E-state index contributed by atoms with van der Waals surface area (Å²) in [6.45, 7) is 5.12. The van der Waals surface area contributed by atoms with Crippen LogP contribution in [0.2, 0.25) is 0 Å². The van der Waals surface area contributed by atoms with E-state index in [-0.39, 0.29) is 6.61 Å². The molecule has 7 nitrogen and oxygen atoms in total. The quantitative estimate of drug-likeness (QED) is 0.0914. The van der Waals surface area contributed by atoms with Crippen molar-refractivity contribution in [3.8, 4) is 5.75 Å². The van der Waals surface area contributed by atoms with Crippen LogP contribution in [0.1, 0.15) is 146 Å². The van der Waals surface area contributed by atoms with Gasteiger partial charge in [-0.25, -0.2) is 4.79 Å². The topological polar surface area (TPSA) is 85.8 Å². The number of carbonyl (C=O) groups is 3. The Morgan fingerprint density at radius 3 is 1.77 bits per heavy atom. The molecule has 1 aromatic carbocycles. The number of unbranched alkanes of at least 4 members (excludes halogenated alkanes) is 17. The normalized spacial score (nSPS) is 14.5. The zero-order valence-corrected chi connectivity index (χ0v) is 30.5. The maximum absolute atomic E-state index is 12.9. The molecule has 1 unspecified atom stereocenters. The van der Waals surface area contributed by atoms with Crippen molar-refractivity contribution in [2.75, 3.05) is 13.2 Å². The number of carbonyl (C=O) groups excluding carboxylic acids is 3. The molecule has 0 spiro atoms. The molecule has 3 rings (SSSR count). The van der Waals surface area contributed by atoms with E-state index in [2.05, 4.69) is 24.9 Å². The zero-order chi connectivity index (χ0) is 34.2. The molecule has 0 saturated carbocycles. The minimum atomic E-state index is -0.852. The first kappa shape index (κ1) is 39.6. The van der Waals surface area contributed by atoms with Gasteiger partial charge in [0.2, 0.25) is 0 Å². The van der Waals surface area contributed by atoms with Crippen LogP contribution in [-0.2, 0) is 28.8 Å². The van der Waals surface area contributed by atoms with E-state index in [1.54, 1.807) is 0 Å². The second-order valence-electron chi connectivity index (χ2n) is 13.1. The van der Waals surface area contributed by atoms with E-state index in [9.17, 15) is 14.4 Å². The molecule has 266 valence electrons. The van der Waals surface area contributed by atoms with Crippen molar-refractivity contribution < 1.29 is 23.9 Å². The number of rotatable bonds is 26. The summed E-state index contributed by atoms with van der Waals surface area (Å²) in [5, 5.41) is -1.20. The van der Waals surface area contributed by atoms with Gasteiger partial charge in [-0.3, -0.25) is 14.6 Å². The fourth-order valence-corrected chi connectivity index (χ4v) is 7.00. The number of nitrogens with zero attached hydrogens (tertiary/aromatic N) is 2. The van der Waals surface area contributed by atoms with E-state index in [1.807, 2.05) is 36.5 Å². The van der Waals surface area contributed by atoms with E-state index in [0.29, 0.717) is 24.3 Å². The predicted molar refractivity (Wildman–Crippen MR) is 197 cm³/mol. The summed E-state index contributed by atoms with van der Waals surface area (Å²) in [6, 6.07) is 11.6. The maximum Gasteiger partial charge on any atom is 0.424 e. The minimum Gasteiger partial charge on any atom is -0.493 e. The third-order valence-corrected chi connectivity index (χ3v) is 10.1. The Morgan fingerprint density at radius 2 is 1.25 bits per heavy atom. The first-order valence-electron chi connectivity index (χ1n) is 18.9. The molecule has 3 amide bonds. The number of amides is 3. The van der Waals surface area contributed by atoms with Crippen molar-refractivity contribution in [2.24, 2.45) is 0 Å². The Bertz CT molecular complexity index is 1190. The number of hydrogen-bond acceptors (Lipinski definition) is 7. The van der Waals surface area contributed by atoms with Crippen molar-refractivity contribution in [1.29, 1.82) is 0 Å². The monoisotopic (exact) mass is 680 g/mol.